The first-order chi connectivity index (χ1) is 11.1. The van der Waals surface area contributed by atoms with Gasteiger partial charge in [-0.3, -0.25) is 0 Å². The Labute approximate surface area is 137 Å². The molecule has 116 valence electrons. The Hall–Kier alpha value is -2.53. The number of aromatic nitrogens is 1. The highest BCUT2D eigenvalue weighted by molar-refractivity contribution is 7.13. The van der Waals surface area contributed by atoms with E-state index in [1.165, 1.54) is 6.07 Å². The van der Waals surface area contributed by atoms with Crippen molar-refractivity contribution >= 4 is 17.3 Å². The summed E-state index contributed by atoms with van der Waals surface area (Å²) in [5, 5.41) is 9.98. The number of benzene rings is 2. The van der Waals surface area contributed by atoms with Crippen LogP contribution in [0.2, 0.25) is 0 Å². The van der Waals surface area contributed by atoms with Gasteiger partial charge in [0.05, 0.1) is 10.7 Å². The first-order valence-corrected chi connectivity index (χ1v) is 7.94. The number of hydrogen-bond donors (Lipinski definition) is 1. The third-order valence-corrected chi connectivity index (χ3v) is 4.54. The summed E-state index contributed by atoms with van der Waals surface area (Å²) in [4.78, 5) is 16.1. The zero-order chi connectivity index (χ0) is 16.2. The highest BCUT2D eigenvalue weighted by Crippen LogP contribution is 2.24. The van der Waals surface area contributed by atoms with Crippen LogP contribution in [0.3, 0.4) is 0 Å². The largest absolute Gasteiger partial charge is 0.477 e. The van der Waals surface area contributed by atoms with Crippen LogP contribution in [0, 0.1) is 5.82 Å². The molecule has 0 fully saturated rings. The molecule has 23 heavy (non-hydrogen) atoms. The van der Waals surface area contributed by atoms with E-state index in [0.29, 0.717) is 29.1 Å². The van der Waals surface area contributed by atoms with Gasteiger partial charge in [0.2, 0.25) is 0 Å². The van der Waals surface area contributed by atoms with Gasteiger partial charge in [-0.15, -0.1) is 11.3 Å². The zero-order valence-electron chi connectivity index (χ0n) is 12.2. The molecule has 0 bridgehead atoms. The molecule has 0 unspecified atom stereocenters. The van der Waals surface area contributed by atoms with Crippen LogP contribution in [0.15, 0.2) is 54.6 Å². The average molecular weight is 327 g/mol. The third kappa shape index (κ3) is 3.63. The van der Waals surface area contributed by atoms with Gasteiger partial charge in [-0.1, -0.05) is 48.5 Å². The molecular formula is C18H14FNO2S. The second-order valence-electron chi connectivity index (χ2n) is 5.12. The summed E-state index contributed by atoms with van der Waals surface area (Å²) in [5.74, 6) is -1.29. The van der Waals surface area contributed by atoms with E-state index < -0.39 is 5.97 Å². The first kappa shape index (κ1) is 15.4. The number of carbonyl (C=O) groups is 1. The fraction of sp³-hybridized carbons (Fsp3) is 0.111. The van der Waals surface area contributed by atoms with Crippen molar-refractivity contribution in [3.63, 3.8) is 0 Å². The van der Waals surface area contributed by atoms with Crippen molar-refractivity contribution < 1.29 is 14.3 Å². The Morgan fingerprint density at radius 2 is 1.74 bits per heavy atom. The van der Waals surface area contributed by atoms with Crippen LogP contribution in [-0.4, -0.2) is 16.1 Å². The van der Waals surface area contributed by atoms with Gasteiger partial charge < -0.3 is 5.11 Å². The molecular weight excluding hydrogens is 313 g/mol. The summed E-state index contributed by atoms with van der Waals surface area (Å²) in [6.07, 6.45) is 0.753. The van der Waals surface area contributed by atoms with Gasteiger partial charge in [0.15, 0.2) is 0 Å². The minimum atomic E-state index is -0.992. The minimum absolute atomic E-state index is 0.222. The van der Waals surface area contributed by atoms with Gasteiger partial charge >= 0.3 is 5.97 Å². The molecule has 1 heterocycles. The minimum Gasteiger partial charge on any atom is -0.477 e. The maximum Gasteiger partial charge on any atom is 0.347 e. The highest BCUT2D eigenvalue weighted by Gasteiger charge is 2.18. The van der Waals surface area contributed by atoms with Crippen molar-refractivity contribution in [1.82, 2.24) is 4.98 Å². The number of hydrogen-bond acceptors (Lipinski definition) is 3. The second-order valence-corrected chi connectivity index (χ2v) is 6.20. The zero-order valence-corrected chi connectivity index (χ0v) is 13.0. The second kappa shape index (κ2) is 6.71. The number of carboxylic acid groups (broad SMARTS) is 1. The van der Waals surface area contributed by atoms with Crippen molar-refractivity contribution in [3.8, 4) is 0 Å². The fourth-order valence-electron chi connectivity index (χ4n) is 2.36. The Morgan fingerprint density at radius 3 is 2.43 bits per heavy atom. The van der Waals surface area contributed by atoms with Gasteiger partial charge in [-0.2, -0.15) is 0 Å². The average Bonchev–Trinajstić information content (AvgIpc) is 2.93. The summed E-state index contributed by atoms with van der Waals surface area (Å²) in [5.41, 5.74) is 2.04. The maximum absolute atomic E-state index is 13.7. The number of thiazole rings is 1. The van der Waals surface area contributed by atoms with Gasteiger partial charge in [-0.25, -0.2) is 14.2 Å². The molecule has 3 aromatic rings. The molecule has 0 aliphatic rings. The van der Waals surface area contributed by atoms with Crippen LogP contribution in [0.5, 0.6) is 0 Å². The summed E-state index contributed by atoms with van der Waals surface area (Å²) in [6, 6.07) is 16.1. The summed E-state index contributed by atoms with van der Waals surface area (Å²) in [7, 11) is 0. The molecule has 0 atom stereocenters. The molecule has 5 heteroatoms. The predicted octanol–water partition coefficient (Wildman–Crippen LogP) is 4.16. The molecule has 1 N–H and O–H groups in total. The van der Waals surface area contributed by atoms with Crippen LogP contribution in [0.1, 0.15) is 31.5 Å². The van der Waals surface area contributed by atoms with Crippen molar-refractivity contribution in [1.29, 1.82) is 0 Å². The molecule has 0 radical (unpaired) electrons. The molecule has 3 rings (SSSR count). The van der Waals surface area contributed by atoms with Gasteiger partial charge in [0.1, 0.15) is 10.7 Å². The number of aromatic carboxylic acids is 1. The van der Waals surface area contributed by atoms with Crippen LogP contribution >= 0.6 is 11.3 Å². The Bertz CT molecular complexity index is 830. The lowest BCUT2D eigenvalue weighted by molar-refractivity contribution is 0.0701. The van der Waals surface area contributed by atoms with Crippen molar-refractivity contribution in [2.75, 3.05) is 0 Å². The number of rotatable bonds is 5. The van der Waals surface area contributed by atoms with Crippen LogP contribution in [0.4, 0.5) is 4.39 Å². The monoisotopic (exact) mass is 327 g/mol. The molecule has 0 saturated carbocycles. The molecule has 0 amide bonds. The number of nitrogens with zero attached hydrogens (tertiary/aromatic N) is 1. The topological polar surface area (TPSA) is 50.2 Å². The fourth-order valence-corrected chi connectivity index (χ4v) is 3.30. The molecule has 2 aromatic carbocycles. The maximum atomic E-state index is 13.7. The SMILES string of the molecule is O=C(O)c1sc(Cc2ccccc2F)nc1Cc1ccccc1. The van der Waals surface area contributed by atoms with Crippen LogP contribution in [0.25, 0.3) is 0 Å². The quantitative estimate of drug-likeness (QED) is 0.765. The van der Waals surface area contributed by atoms with E-state index in [-0.39, 0.29) is 10.7 Å². The van der Waals surface area contributed by atoms with Crippen molar-refractivity contribution in [2.45, 2.75) is 12.8 Å². The van der Waals surface area contributed by atoms with Crippen LogP contribution in [-0.2, 0) is 12.8 Å². The lowest BCUT2D eigenvalue weighted by atomic mass is 10.1. The van der Waals surface area contributed by atoms with E-state index in [1.807, 2.05) is 30.3 Å². The molecule has 3 nitrogen and oxygen atoms in total. The van der Waals surface area contributed by atoms with Gasteiger partial charge in [0.25, 0.3) is 0 Å². The van der Waals surface area contributed by atoms with Gasteiger partial charge in [0, 0.05) is 12.8 Å². The van der Waals surface area contributed by atoms with Gasteiger partial charge in [-0.05, 0) is 17.2 Å². The summed E-state index contributed by atoms with van der Waals surface area (Å²) < 4.78 is 13.7. The molecule has 0 aliphatic heterocycles. The van der Waals surface area contributed by atoms with Crippen molar-refractivity contribution in [2.24, 2.45) is 0 Å². The lowest BCUT2D eigenvalue weighted by Gasteiger charge is -2.00. The van der Waals surface area contributed by atoms with E-state index in [9.17, 15) is 14.3 Å². The lowest BCUT2D eigenvalue weighted by Crippen LogP contribution is -2.00. The van der Waals surface area contributed by atoms with E-state index >= 15 is 0 Å². The first-order valence-electron chi connectivity index (χ1n) is 7.12. The van der Waals surface area contributed by atoms with E-state index in [1.54, 1.807) is 18.2 Å². The Kier molecular flexibility index (Phi) is 4.48. The van der Waals surface area contributed by atoms with Crippen molar-refractivity contribution in [3.05, 3.63) is 87.1 Å². The molecule has 0 spiro atoms. The Balaban J connectivity index is 1.90. The normalized spacial score (nSPS) is 10.7. The molecule has 1 aromatic heterocycles. The number of halogens is 1. The molecule has 0 saturated heterocycles. The predicted molar refractivity (Wildman–Crippen MR) is 87.5 cm³/mol. The van der Waals surface area contributed by atoms with E-state index in [0.717, 1.165) is 16.9 Å². The number of carboxylic acids is 1. The standard InChI is InChI=1S/C18H14FNO2S/c19-14-9-5-4-8-13(14)11-16-20-15(17(23-16)18(21)22)10-12-6-2-1-3-7-12/h1-9H,10-11H2,(H,21,22). The summed E-state index contributed by atoms with van der Waals surface area (Å²) >= 11 is 1.11. The molecule has 0 aliphatic carbocycles. The third-order valence-electron chi connectivity index (χ3n) is 3.45. The van der Waals surface area contributed by atoms with Crippen LogP contribution < -0.4 is 0 Å². The highest BCUT2D eigenvalue weighted by atomic mass is 32.1. The summed E-state index contributed by atoms with van der Waals surface area (Å²) in [6.45, 7) is 0. The van der Waals surface area contributed by atoms with E-state index in [2.05, 4.69) is 4.98 Å². The smallest absolute Gasteiger partial charge is 0.347 e. The Morgan fingerprint density at radius 1 is 1.04 bits per heavy atom. The van der Waals surface area contributed by atoms with E-state index in [4.69, 9.17) is 0 Å².